The molecule has 0 spiro atoms. The number of allylic oxidation sites excluding steroid dienone is 1. The van der Waals surface area contributed by atoms with Crippen LogP contribution in [0.4, 0.5) is 0 Å². The van der Waals surface area contributed by atoms with E-state index in [9.17, 15) is 0 Å². The van der Waals surface area contributed by atoms with Crippen molar-refractivity contribution in [2.45, 2.75) is 26.7 Å². The van der Waals surface area contributed by atoms with E-state index in [1.165, 1.54) is 23.2 Å². The minimum atomic E-state index is 0.707. The molecule has 1 unspecified atom stereocenters. The lowest BCUT2D eigenvalue weighted by Crippen LogP contribution is -2.03. The molecule has 0 bridgehead atoms. The van der Waals surface area contributed by atoms with Crippen LogP contribution in [0.2, 0.25) is 0 Å². The van der Waals surface area contributed by atoms with Crippen LogP contribution in [0.15, 0.2) is 12.3 Å². The van der Waals surface area contributed by atoms with Gasteiger partial charge in [0, 0.05) is 11.9 Å². The van der Waals surface area contributed by atoms with Crippen molar-refractivity contribution in [3.05, 3.63) is 29.1 Å². The molecule has 1 heterocycles. The Morgan fingerprint density at radius 3 is 3.17 bits per heavy atom. The van der Waals surface area contributed by atoms with Gasteiger partial charge in [-0.1, -0.05) is 19.9 Å². The van der Waals surface area contributed by atoms with Crippen molar-refractivity contribution in [2.75, 3.05) is 0 Å². The third kappa shape index (κ3) is 1.09. The molecule has 0 aliphatic heterocycles. The van der Waals surface area contributed by atoms with E-state index in [4.69, 9.17) is 0 Å². The second-order valence-corrected chi connectivity index (χ2v) is 3.60. The predicted molar refractivity (Wildman–Crippen MR) is 52.1 cm³/mol. The smallest absolute Gasteiger partial charge is 0.0412 e. The van der Waals surface area contributed by atoms with E-state index < -0.39 is 0 Å². The van der Waals surface area contributed by atoms with Crippen LogP contribution in [-0.4, -0.2) is 4.98 Å². The van der Waals surface area contributed by atoms with Gasteiger partial charge in [0.1, 0.15) is 0 Å². The van der Waals surface area contributed by atoms with Crippen LogP contribution in [0.1, 0.15) is 30.7 Å². The third-order valence-corrected chi connectivity index (χ3v) is 2.61. The van der Waals surface area contributed by atoms with Gasteiger partial charge in [-0.05, 0) is 36.0 Å². The normalized spacial score (nSPS) is 21.0. The molecular weight excluding hydrogens is 146 g/mol. The predicted octanol–water partition coefficient (Wildman–Crippen LogP) is 2.78. The van der Waals surface area contributed by atoms with Gasteiger partial charge in [-0.2, -0.15) is 0 Å². The number of fused-ring (bicyclic) bond motifs is 1. The van der Waals surface area contributed by atoms with Gasteiger partial charge >= 0.3 is 0 Å². The first-order valence-electron chi connectivity index (χ1n) is 4.68. The molecule has 0 fully saturated rings. The van der Waals surface area contributed by atoms with Gasteiger partial charge in [0.15, 0.2) is 0 Å². The highest BCUT2D eigenvalue weighted by molar-refractivity contribution is 5.55. The van der Waals surface area contributed by atoms with Crippen molar-refractivity contribution in [1.82, 2.24) is 4.98 Å². The fourth-order valence-corrected chi connectivity index (χ4v) is 1.87. The zero-order valence-electron chi connectivity index (χ0n) is 7.72. The van der Waals surface area contributed by atoms with Gasteiger partial charge in [-0.3, -0.25) is 0 Å². The first kappa shape index (κ1) is 7.66. The molecule has 12 heavy (non-hydrogen) atoms. The van der Waals surface area contributed by atoms with Crippen molar-refractivity contribution < 1.29 is 0 Å². The Hall–Kier alpha value is -0.980. The van der Waals surface area contributed by atoms with Gasteiger partial charge in [-0.25, -0.2) is 0 Å². The fraction of sp³-hybridized carbons (Fsp3) is 0.455. The molecule has 0 radical (unpaired) electrons. The molecule has 2 rings (SSSR count). The molecule has 1 atom stereocenters. The fourth-order valence-electron chi connectivity index (χ4n) is 1.87. The summed E-state index contributed by atoms with van der Waals surface area (Å²) >= 11 is 0. The van der Waals surface area contributed by atoms with E-state index in [-0.39, 0.29) is 0 Å². The Morgan fingerprint density at radius 1 is 1.58 bits per heavy atom. The molecular formula is C11H15N. The van der Waals surface area contributed by atoms with Crippen molar-refractivity contribution in [1.29, 1.82) is 0 Å². The van der Waals surface area contributed by atoms with Crippen LogP contribution in [0.5, 0.6) is 0 Å². The van der Waals surface area contributed by atoms with E-state index in [0.717, 1.165) is 6.42 Å². The van der Waals surface area contributed by atoms with Gasteiger partial charge in [-0.15, -0.1) is 0 Å². The maximum atomic E-state index is 3.31. The third-order valence-electron chi connectivity index (χ3n) is 2.61. The minimum Gasteiger partial charge on any atom is -0.361 e. The molecule has 0 saturated heterocycles. The van der Waals surface area contributed by atoms with Crippen LogP contribution in [0, 0.1) is 5.92 Å². The van der Waals surface area contributed by atoms with E-state index >= 15 is 0 Å². The Bertz CT molecular complexity index is 307. The van der Waals surface area contributed by atoms with E-state index in [2.05, 4.69) is 37.2 Å². The number of aromatic amines is 1. The van der Waals surface area contributed by atoms with Gasteiger partial charge in [0.2, 0.25) is 0 Å². The summed E-state index contributed by atoms with van der Waals surface area (Å²) in [4.78, 5) is 3.31. The number of aryl methyl sites for hydroxylation is 1. The first-order chi connectivity index (χ1) is 5.81. The monoisotopic (exact) mass is 161 g/mol. The average molecular weight is 161 g/mol. The summed E-state index contributed by atoms with van der Waals surface area (Å²) in [7, 11) is 0. The van der Waals surface area contributed by atoms with Crippen LogP contribution < -0.4 is 0 Å². The van der Waals surface area contributed by atoms with Crippen molar-refractivity contribution >= 4 is 6.08 Å². The SMILES string of the molecule is CCc1c[nH]c2c1CC(C)C=C2. The molecule has 0 amide bonds. The molecule has 1 aromatic rings. The standard InChI is InChI=1S/C11H15N/c1-3-9-7-12-11-5-4-8(2)6-10(9)11/h4-5,7-8,12H,3,6H2,1-2H3. The van der Waals surface area contributed by atoms with E-state index in [1.54, 1.807) is 0 Å². The van der Waals surface area contributed by atoms with E-state index in [1.807, 2.05) is 0 Å². The molecule has 1 aliphatic carbocycles. The lowest BCUT2D eigenvalue weighted by atomic mass is 9.92. The summed E-state index contributed by atoms with van der Waals surface area (Å²) in [6.45, 7) is 4.48. The number of hydrogen-bond acceptors (Lipinski definition) is 0. The first-order valence-corrected chi connectivity index (χ1v) is 4.68. The highest BCUT2D eigenvalue weighted by Gasteiger charge is 2.13. The van der Waals surface area contributed by atoms with Gasteiger partial charge in [0.25, 0.3) is 0 Å². The average Bonchev–Trinajstić information content (AvgIpc) is 2.46. The number of H-pyrrole nitrogens is 1. The molecule has 0 saturated carbocycles. The van der Waals surface area contributed by atoms with Crippen LogP contribution >= 0.6 is 0 Å². The maximum Gasteiger partial charge on any atom is 0.0412 e. The molecule has 64 valence electrons. The lowest BCUT2D eigenvalue weighted by Gasteiger charge is -2.13. The maximum absolute atomic E-state index is 3.31. The van der Waals surface area contributed by atoms with Crippen molar-refractivity contribution in [2.24, 2.45) is 5.92 Å². The van der Waals surface area contributed by atoms with Crippen molar-refractivity contribution in [3.63, 3.8) is 0 Å². The van der Waals surface area contributed by atoms with Crippen LogP contribution in [0.25, 0.3) is 6.08 Å². The quantitative estimate of drug-likeness (QED) is 0.652. The summed E-state index contributed by atoms with van der Waals surface area (Å²) in [5.74, 6) is 0.707. The zero-order chi connectivity index (χ0) is 8.55. The second-order valence-electron chi connectivity index (χ2n) is 3.60. The molecule has 1 nitrogen and oxygen atoms in total. The Labute approximate surface area is 73.5 Å². The number of nitrogens with one attached hydrogen (secondary N) is 1. The summed E-state index contributed by atoms with van der Waals surface area (Å²) in [5.41, 5.74) is 4.35. The number of aromatic nitrogens is 1. The van der Waals surface area contributed by atoms with Crippen molar-refractivity contribution in [3.8, 4) is 0 Å². The van der Waals surface area contributed by atoms with Gasteiger partial charge < -0.3 is 4.98 Å². The van der Waals surface area contributed by atoms with E-state index in [0.29, 0.717) is 5.92 Å². The highest BCUT2D eigenvalue weighted by Crippen LogP contribution is 2.25. The zero-order valence-corrected chi connectivity index (χ0v) is 7.72. The molecule has 1 aromatic heterocycles. The highest BCUT2D eigenvalue weighted by atomic mass is 14.7. The number of hydrogen-bond donors (Lipinski definition) is 1. The summed E-state index contributed by atoms with van der Waals surface area (Å²) in [6.07, 6.45) is 8.98. The molecule has 1 heteroatoms. The lowest BCUT2D eigenvalue weighted by molar-refractivity contribution is 0.712. The number of rotatable bonds is 1. The molecule has 1 aliphatic rings. The Morgan fingerprint density at radius 2 is 2.42 bits per heavy atom. The molecule has 1 N–H and O–H groups in total. The Balaban J connectivity index is 2.43. The van der Waals surface area contributed by atoms with Crippen LogP contribution in [-0.2, 0) is 12.8 Å². The topological polar surface area (TPSA) is 15.8 Å². The summed E-state index contributed by atoms with van der Waals surface area (Å²) in [5, 5.41) is 0. The Kier molecular flexibility index (Phi) is 1.80. The summed E-state index contributed by atoms with van der Waals surface area (Å²) in [6, 6.07) is 0. The molecule has 0 aromatic carbocycles. The second kappa shape index (κ2) is 2.81. The minimum absolute atomic E-state index is 0.707. The van der Waals surface area contributed by atoms with Crippen LogP contribution in [0.3, 0.4) is 0 Å². The summed E-state index contributed by atoms with van der Waals surface area (Å²) < 4.78 is 0. The largest absolute Gasteiger partial charge is 0.361 e. The van der Waals surface area contributed by atoms with Gasteiger partial charge in [0.05, 0.1) is 0 Å².